The van der Waals surface area contributed by atoms with Gasteiger partial charge in [0.05, 0.1) is 0 Å². The van der Waals surface area contributed by atoms with E-state index in [-0.39, 0.29) is 0 Å². The molecule has 1 saturated heterocycles. The number of rotatable bonds is 3. The number of nitrogens with zero attached hydrogens (tertiary/aromatic N) is 5. The minimum Gasteiger partial charge on any atom is -0.368 e. The predicted octanol–water partition coefficient (Wildman–Crippen LogP) is 4.70. The van der Waals surface area contributed by atoms with E-state index >= 15 is 0 Å². The summed E-state index contributed by atoms with van der Waals surface area (Å²) in [6.45, 7) is 11.5. The molecule has 0 unspecified atom stereocenters. The first-order valence-electron chi connectivity index (χ1n) is 11.5. The van der Waals surface area contributed by atoms with Crippen molar-refractivity contribution in [2.24, 2.45) is 4.99 Å². The predicted molar refractivity (Wildman–Crippen MR) is 145 cm³/mol. The maximum Gasteiger partial charge on any atom is 0.229 e. The van der Waals surface area contributed by atoms with Gasteiger partial charge in [0.1, 0.15) is 0 Å². The van der Waals surface area contributed by atoms with Crippen molar-refractivity contribution >= 4 is 40.6 Å². The first-order chi connectivity index (χ1) is 16.4. The molecule has 1 aromatic heterocycles. The van der Waals surface area contributed by atoms with Crippen LogP contribution < -0.4 is 15.5 Å². The molecule has 1 aliphatic heterocycles. The zero-order valence-electron chi connectivity index (χ0n) is 20.2. The second-order valence-corrected chi connectivity index (χ2v) is 8.96. The average Bonchev–Trinajstić information content (AvgIpc) is 2.81. The number of para-hydroxylation sites is 1. The molecule has 3 aromatic rings. The van der Waals surface area contributed by atoms with Crippen LogP contribution in [0.3, 0.4) is 0 Å². The topological polar surface area (TPSA) is 68.7 Å². The Balaban J connectivity index is 1.53. The lowest BCUT2D eigenvalue weighted by molar-refractivity contribution is 0.385. The maximum absolute atomic E-state index is 5.61. The number of aliphatic imine (C=N–C) groups is 1. The number of aromatic nitrogens is 2. The standard InChI is InChI=1S/C26H31N7S/c1-18-10-11-22(16-19(18)2)29-26(34)31-25(30-24-27-20(3)17-21(4)28-24)33-14-12-32(13-15-33)23-8-6-5-7-9-23/h5-11,16-17H,12-15H2,1-4H3,(H2,27,28,29,30,31,34). The molecular formula is C26H31N7S. The summed E-state index contributed by atoms with van der Waals surface area (Å²) >= 11 is 5.61. The van der Waals surface area contributed by atoms with Gasteiger partial charge in [-0.05, 0) is 81.4 Å². The molecular weight excluding hydrogens is 442 g/mol. The molecule has 176 valence electrons. The molecule has 0 aliphatic carbocycles. The molecule has 34 heavy (non-hydrogen) atoms. The van der Waals surface area contributed by atoms with E-state index in [4.69, 9.17) is 17.2 Å². The third-order valence-electron chi connectivity index (χ3n) is 5.87. The molecule has 1 fully saturated rings. The molecule has 8 heteroatoms. The van der Waals surface area contributed by atoms with E-state index in [1.165, 1.54) is 16.8 Å². The van der Waals surface area contributed by atoms with Crippen LogP contribution in [-0.4, -0.2) is 52.1 Å². The highest BCUT2D eigenvalue weighted by atomic mass is 32.1. The Morgan fingerprint density at radius 1 is 0.824 bits per heavy atom. The van der Waals surface area contributed by atoms with Gasteiger partial charge in [0.2, 0.25) is 17.0 Å². The highest BCUT2D eigenvalue weighted by Gasteiger charge is 2.21. The van der Waals surface area contributed by atoms with Gasteiger partial charge in [-0.15, -0.1) is 0 Å². The summed E-state index contributed by atoms with van der Waals surface area (Å²) < 4.78 is 0. The number of nitrogens with one attached hydrogen (secondary N) is 2. The SMILES string of the molecule is Cc1cc(C)nc(N/C(=N/C(=S)Nc2ccc(C)c(C)c2)N2CCN(c3ccccc3)CC2)n1. The van der Waals surface area contributed by atoms with E-state index in [2.05, 4.69) is 80.6 Å². The highest BCUT2D eigenvalue weighted by molar-refractivity contribution is 7.80. The third kappa shape index (κ3) is 6.08. The molecule has 0 radical (unpaired) electrons. The minimum absolute atomic E-state index is 0.389. The van der Waals surface area contributed by atoms with Gasteiger partial charge in [0.15, 0.2) is 0 Å². The number of guanidine groups is 1. The van der Waals surface area contributed by atoms with Gasteiger partial charge in [-0.25, -0.2) is 9.97 Å². The van der Waals surface area contributed by atoms with Gasteiger partial charge in [0, 0.05) is 48.9 Å². The summed E-state index contributed by atoms with van der Waals surface area (Å²) in [6.07, 6.45) is 0. The molecule has 0 spiro atoms. The van der Waals surface area contributed by atoms with Crippen LogP contribution in [0.4, 0.5) is 17.3 Å². The summed E-state index contributed by atoms with van der Waals surface area (Å²) in [5.74, 6) is 1.18. The normalized spacial score (nSPS) is 14.2. The highest BCUT2D eigenvalue weighted by Crippen LogP contribution is 2.17. The van der Waals surface area contributed by atoms with Crippen LogP contribution in [0.1, 0.15) is 22.5 Å². The molecule has 4 rings (SSSR count). The van der Waals surface area contributed by atoms with Crippen molar-refractivity contribution in [3.05, 3.63) is 77.1 Å². The summed E-state index contributed by atoms with van der Waals surface area (Å²) in [6, 6.07) is 18.6. The quantitative estimate of drug-likeness (QED) is 0.325. The lowest BCUT2D eigenvalue weighted by atomic mass is 10.1. The Kier molecular flexibility index (Phi) is 7.37. The Labute approximate surface area is 207 Å². The summed E-state index contributed by atoms with van der Waals surface area (Å²) in [7, 11) is 0. The van der Waals surface area contributed by atoms with Gasteiger partial charge < -0.3 is 15.1 Å². The average molecular weight is 474 g/mol. The lowest BCUT2D eigenvalue weighted by Crippen LogP contribution is -2.51. The summed E-state index contributed by atoms with van der Waals surface area (Å²) in [5, 5.41) is 6.97. The van der Waals surface area contributed by atoms with Crippen LogP contribution in [0.2, 0.25) is 0 Å². The molecule has 0 saturated carbocycles. The number of thiocarbonyl (C=S) groups is 1. The number of hydrogen-bond acceptors (Lipinski definition) is 4. The molecule has 0 bridgehead atoms. The minimum atomic E-state index is 0.389. The molecule has 0 atom stereocenters. The van der Waals surface area contributed by atoms with Gasteiger partial charge in [-0.2, -0.15) is 4.99 Å². The molecule has 7 nitrogen and oxygen atoms in total. The molecule has 2 heterocycles. The van der Waals surface area contributed by atoms with E-state index < -0.39 is 0 Å². The summed E-state index contributed by atoms with van der Waals surface area (Å²) in [5.41, 5.74) is 6.41. The Morgan fingerprint density at radius 2 is 1.50 bits per heavy atom. The molecule has 2 N–H and O–H groups in total. The van der Waals surface area contributed by atoms with Crippen molar-refractivity contribution in [1.82, 2.24) is 14.9 Å². The van der Waals surface area contributed by atoms with Gasteiger partial charge in [-0.3, -0.25) is 5.32 Å². The Bertz CT molecular complexity index is 1160. The third-order valence-corrected chi connectivity index (χ3v) is 6.07. The Morgan fingerprint density at radius 3 is 2.15 bits per heavy atom. The zero-order chi connectivity index (χ0) is 24.1. The lowest BCUT2D eigenvalue weighted by Gasteiger charge is -2.37. The monoisotopic (exact) mass is 473 g/mol. The number of anilines is 3. The fourth-order valence-corrected chi connectivity index (χ4v) is 4.15. The van der Waals surface area contributed by atoms with Gasteiger partial charge in [-0.1, -0.05) is 24.3 Å². The number of aryl methyl sites for hydroxylation is 4. The smallest absolute Gasteiger partial charge is 0.229 e. The van der Waals surface area contributed by atoms with Crippen LogP contribution >= 0.6 is 12.2 Å². The van der Waals surface area contributed by atoms with E-state index in [1.807, 2.05) is 32.0 Å². The van der Waals surface area contributed by atoms with Gasteiger partial charge >= 0.3 is 0 Å². The second-order valence-electron chi connectivity index (χ2n) is 8.57. The van der Waals surface area contributed by atoms with Crippen LogP contribution in [-0.2, 0) is 0 Å². The van der Waals surface area contributed by atoms with Crippen molar-refractivity contribution in [2.45, 2.75) is 27.7 Å². The van der Waals surface area contributed by atoms with E-state index in [9.17, 15) is 0 Å². The molecule has 1 aliphatic rings. The number of piperazine rings is 1. The van der Waals surface area contributed by atoms with Crippen molar-refractivity contribution in [2.75, 3.05) is 41.7 Å². The van der Waals surface area contributed by atoms with Crippen LogP contribution in [0.5, 0.6) is 0 Å². The fourth-order valence-electron chi connectivity index (χ4n) is 3.94. The van der Waals surface area contributed by atoms with Crippen molar-refractivity contribution in [3.63, 3.8) is 0 Å². The van der Waals surface area contributed by atoms with Crippen LogP contribution in [0.25, 0.3) is 0 Å². The first-order valence-corrected chi connectivity index (χ1v) is 11.9. The van der Waals surface area contributed by atoms with E-state index in [0.29, 0.717) is 17.0 Å². The number of benzene rings is 2. The van der Waals surface area contributed by atoms with Crippen LogP contribution in [0.15, 0.2) is 59.6 Å². The largest absolute Gasteiger partial charge is 0.368 e. The van der Waals surface area contributed by atoms with Crippen molar-refractivity contribution < 1.29 is 0 Å². The molecule has 2 aromatic carbocycles. The molecule has 0 amide bonds. The van der Waals surface area contributed by atoms with Crippen LogP contribution in [0, 0.1) is 27.7 Å². The fraction of sp³-hybridized carbons (Fsp3) is 0.308. The van der Waals surface area contributed by atoms with E-state index in [1.54, 1.807) is 0 Å². The Hall–Kier alpha value is -3.52. The zero-order valence-corrected chi connectivity index (χ0v) is 21.0. The summed E-state index contributed by atoms with van der Waals surface area (Å²) in [4.78, 5) is 18.4. The number of hydrogen-bond donors (Lipinski definition) is 2. The second kappa shape index (κ2) is 10.6. The van der Waals surface area contributed by atoms with Crippen molar-refractivity contribution in [1.29, 1.82) is 0 Å². The maximum atomic E-state index is 5.61. The van der Waals surface area contributed by atoms with Crippen molar-refractivity contribution in [3.8, 4) is 0 Å². The first kappa shape index (κ1) is 23.6. The van der Waals surface area contributed by atoms with E-state index in [0.717, 1.165) is 43.3 Å². The van der Waals surface area contributed by atoms with Gasteiger partial charge in [0.25, 0.3) is 0 Å².